The van der Waals surface area contributed by atoms with Crippen LogP contribution in [0.1, 0.15) is 11.4 Å². The second-order valence-corrected chi connectivity index (χ2v) is 6.81. The Balaban J connectivity index is 2.22. The summed E-state index contributed by atoms with van der Waals surface area (Å²) in [6, 6.07) is 8.27. The van der Waals surface area contributed by atoms with Crippen molar-refractivity contribution in [3.8, 4) is 0 Å². The van der Waals surface area contributed by atoms with E-state index in [1.807, 2.05) is 0 Å². The molecule has 0 fully saturated rings. The van der Waals surface area contributed by atoms with E-state index < -0.39 is 10.0 Å². The average Bonchev–Trinajstić information content (AvgIpc) is 2.48. The predicted octanol–water partition coefficient (Wildman–Crippen LogP) is 0.932. The molecule has 0 aliphatic heterocycles. The van der Waals surface area contributed by atoms with Gasteiger partial charge in [-0.25, -0.2) is 8.42 Å². The zero-order chi connectivity index (χ0) is 15.5. The molecule has 2 N–H and O–H groups in total. The number of nitrogens with zero attached hydrogens (tertiary/aromatic N) is 3. The third-order valence-corrected chi connectivity index (χ3v) is 4.80. The fraction of sp³-hybridized carbons (Fsp3) is 0.154. The lowest BCUT2D eigenvalue weighted by molar-refractivity contribution is 0.462. The molecule has 0 radical (unpaired) electrons. The first-order valence-electron chi connectivity index (χ1n) is 6.03. The average molecular weight is 322 g/mol. The minimum Gasteiger partial charge on any atom is -0.388 e. The van der Waals surface area contributed by atoms with Crippen LogP contribution in [-0.2, 0) is 16.6 Å². The van der Waals surface area contributed by atoms with Crippen LogP contribution in [0.5, 0.6) is 0 Å². The summed E-state index contributed by atoms with van der Waals surface area (Å²) in [5.74, 6) is 0. The largest absolute Gasteiger partial charge is 0.388 e. The van der Waals surface area contributed by atoms with Crippen molar-refractivity contribution in [1.29, 1.82) is 0 Å². The highest BCUT2D eigenvalue weighted by atomic mass is 32.2. The molecule has 0 aliphatic rings. The summed E-state index contributed by atoms with van der Waals surface area (Å²) in [6.45, 7) is 0.181. The number of sulfonamides is 1. The summed E-state index contributed by atoms with van der Waals surface area (Å²) in [6.07, 6.45) is 2.87. The number of hydrogen-bond donors (Lipinski definition) is 1. The van der Waals surface area contributed by atoms with Crippen LogP contribution in [-0.4, -0.2) is 34.7 Å². The molecular weight excluding hydrogens is 308 g/mol. The fourth-order valence-corrected chi connectivity index (χ4v) is 2.87. The van der Waals surface area contributed by atoms with E-state index in [1.54, 1.807) is 24.4 Å². The Morgan fingerprint density at radius 1 is 1.29 bits per heavy atom. The first kappa shape index (κ1) is 15.5. The molecule has 0 saturated carbocycles. The minimum absolute atomic E-state index is 0.0842. The zero-order valence-corrected chi connectivity index (χ0v) is 12.9. The second-order valence-electron chi connectivity index (χ2n) is 4.33. The highest BCUT2D eigenvalue weighted by molar-refractivity contribution is 7.89. The highest BCUT2D eigenvalue weighted by Gasteiger charge is 2.21. The van der Waals surface area contributed by atoms with Gasteiger partial charge in [0.2, 0.25) is 10.0 Å². The topological polar surface area (TPSA) is 89.2 Å². The van der Waals surface area contributed by atoms with E-state index in [0.29, 0.717) is 11.4 Å². The van der Waals surface area contributed by atoms with Gasteiger partial charge in [0.05, 0.1) is 17.9 Å². The maximum absolute atomic E-state index is 12.4. The van der Waals surface area contributed by atoms with Gasteiger partial charge in [0, 0.05) is 19.4 Å². The molecule has 0 unspecified atom stereocenters. The van der Waals surface area contributed by atoms with E-state index >= 15 is 0 Å². The molecule has 0 spiro atoms. The quantitative estimate of drug-likeness (QED) is 0.824. The van der Waals surface area contributed by atoms with Crippen LogP contribution in [0.3, 0.4) is 0 Å². The molecule has 2 heterocycles. The normalized spacial score (nSPS) is 11.5. The van der Waals surface area contributed by atoms with Crippen LogP contribution in [0.15, 0.2) is 47.6 Å². The van der Waals surface area contributed by atoms with Crippen molar-refractivity contribution in [3.63, 3.8) is 0 Å². The van der Waals surface area contributed by atoms with E-state index in [-0.39, 0.29) is 16.4 Å². The van der Waals surface area contributed by atoms with Gasteiger partial charge in [0.25, 0.3) is 0 Å². The van der Waals surface area contributed by atoms with Crippen molar-refractivity contribution in [1.82, 2.24) is 14.3 Å². The first-order valence-corrected chi connectivity index (χ1v) is 7.88. The summed E-state index contributed by atoms with van der Waals surface area (Å²) < 4.78 is 26.0. The molecule has 0 saturated heterocycles. The van der Waals surface area contributed by atoms with E-state index in [9.17, 15) is 8.42 Å². The standard InChI is InChI=1S/C13H14N4O2S2/c1-17(9-10-4-2-3-7-15-10)21(18,19)11-5-6-12(13(14)20)16-8-11/h2-8H,9H2,1H3,(H2,14,20). The van der Waals surface area contributed by atoms with Crippen molar-refractivity contribution < 1.29 is 8.42 Å². The number of rotatable bonds is 5. The number of aromatic nitrogens is 2. The Bertz CT molecular complexity index is 731. The molecule has 2 aromatic rings. The maximum atomic E-state index is 12.4. The monoisotopic (exact) mass is 322 g/mol. The number of pyridine rings is 2. The molecule has 2 aromatic heterocycles. The third kappa shape index (κ3) is 3.60. The summed E-state index contributed by atoms with van der Waals surface area (Å²) >= 11 is 4.78. The molecule has 0 atom stereocenters. The van der Waals surface area contributed by atoms with Gasteiger partial charge in [-0.1, -0.05) is 18.3 Å². The molecule has 8 heteroatoms. The third-order valence-electron chi connectivity index (χ3n) is 2.81. The van der Waals surface area contributed by atoms with Gasteiger partial charge in [-0.2, -0.15) is 4.31 Å². The van der Waals surface area contributed by atoms with Crippen molar-refractivity contribution in [2.24, 2.45) is 5.73 Å². The van der Waals surface area contributed by atoms with Crippen LogP contribution in [0.25, 0.3) is 0 Å². The highest BCUT2D eigenvalue weighted by Crippen LogP contribution is 2.15. The molecule has 6 nitrogen and oxygen atoms in total. The van der Waals surface area contributed by atoms with Crippen LogP contribution in [0, 0.1) is 0 Å². The Morgan fingerprint density at radius 2 is 2.05 bits per heavy atom. The minimum atomic E-state index is -3.63. The lowest BCUT2D eigenvalue weighted by Gasteiger charge is -2.16. The number of thiocarbonyl (C=S) groups is 1. The Kier molecular flexibility index (Phi) is 4.61. The van der Waals surface area contributed by atoms with Crippen molar-refractivity contribution >= 4 is 27.2 Å². The van der Waals surface area contributed by atoms with Gasteiger partial charge in [-0.05, 0) is 24.3 Å². The first-order chi connectivity index (χ1) is 9.91. The van der Waals surface area contributed by atoms with Gasteiger partial charge in [0.15, 0.2) is 0 Å². The molecule has 2 rings (SSSR count). The molecule has 0 aromatic carbocycles. The van der Waals surface area contributed by atoms with Gasteiger partial charge in [-0.3, -0.25) is 9.97 Å². The SMILES string of the molecule is CN(Cc1ccccn1)S(=O)(=O)c1ccc(C(N)=S)nc1. The smallest absolute Gasteiger partial charge is 0.244 e. The maximum Gasteiger partial charge on any atom is 0.244 e. The fourth-order valence-electron chi connectivity index (χ4n) is 1.66. The predicted molar refractivity (Wildman–Crippen MR) is 83.0 cm³/mol. The summed E-state index contributed by atoms with van der Waals surface area (Å²) in [5.41, 5.74) is 6.48. The van der Waals surface area contributed by atoms with Crippen LogP contribution in [0.4, 0.5) is 0 Å². The lowest BCUT2D eigenvalue weighted by Crippen LogP contribution is -2.27. The van der Waals surface area contributed by atoms with Crippen molar-refractivity contribution in [3.05, 3.63) is 54.1 Å². The van der Waals surface area contributed by atoms with E-state index in [2.05, 4.69) is 9.97 Å². The molecule has 0 amide bonds. The number of nitrogens with two attached hydrogens (primary N) is 1. The van der Waals surface area contributed by atoms with Crippen LogP contribution < -0.4 is 5.73 Å². The van der Waals surface area contributed by atoms with E-state index in [4.69, 9.17) is 18.0 Å². The summed E-state index contributed by atoms with van der Waals surface area (Å²) in [7, 11) is -2.14. The molecule has 110 valence electrons. The van der Waals surface area contributed by atoms with Crippen LogP contribution in [0.2, 0.25) is 0 Å². The van der Waals surface area contributed by atoms with Gasteiger partial charge < -0.3 is 5.73 Å². The second kappa shape index (κ2) is 6.25. The Hall–Kier alpha value is -1.90. The summed E-state index contributed by atoms with van der Waals surface area (Å²) in [5, 5.41) is 0. The molecule has 0 bridgehead atoms. The van der Waals surface area contributed by atoms with E-state index in [0.717, 1.165) is 0 Å². The van der Waals surface area contributed by atoms with Gasteiger partial charge in [0.1, 0.15) is 9.88 Å². The van der Waals surface area contributed by atoms with Crippen LogP contribution >= 0.6 is 12.2 Å². The van der Waals surface area contributed by atoms with Crippen molar-refractivity contribution in [2.45, 2.75) is 11.4 Å². The lowest BCUT2D eigenvalue weighted by atomic mass is 10.3. The van der Waals surface area contributed by atoms with Crippen molar-refractivity contribution in [2.75, 3.05) is 7.05 Å². The Morgan fingerprint density at radius 3 is 2.57 bits per heavy atom. The molecule has 0 aliphatic carbocycles. The molecule has 21 heavy (non-hydrogen) atoms. The number of hydrogen-bond acceptors (Lipinski definition) is 5. The van der Waals surface area contributed by atoms with Gasteiger partial charge >= 0.3 is 0 Å². The van der Waals surface area contributed by atoms with Gasteiger partial charge in [-0.15, -0.1) is 0 Å². The molecular formula is C13H14N4O2S2. The summed E-state index contributed by atoms with van der Waals surface area (Å²) in [4.78, 5) is 8.26. The van der Waals surface area contributed by atoms with E-state index in [1.165, 1.54) is 29.7 Å². The zero-order valence-electron chi connectivity index (χ0n) is 11.3. The Labute approximate surface area is 128 Å².